The lowest BCUT2D eigenvalue weighted by atomic mass is 10.3. The summed E-state index contributed by atoms with van der Waals surface area (Å²) in [6, 6.07) is 1.55. The Morgan fingerprint density at radius 3 is 2.69 bits per heavy atom. The molecule has 0 spiro atoms. The molecule has 0 aliphatic carbocycles. The number of aromatic nitrogens is 1. The van der Waals surface area contributed by atoms with Gasteiger partial charge in [-0.3, -0.25) is 0 Å². The van der Waals surface area contributed by atoms with Gasteiger partial charge in [0.05, 0.1) is 10.7 Å². The van der Waals surface area contributed by atoms with Gasteiger partial charge in [0.15, 0.2) is 0 Å². The van der Waals surface area contributed by atoms with Gasteiger partial charge in [0.25, 0.3) is 6.43 Å². The van der Waals surface area contributed by atoms with Crippen molar-refractivity contribution in [2.24, 2.45) is 0 Å². The van der Waals surface area contributed by atoms with E-state index in [2.05, 4.69) is 20.9 Å². The van der Waals surface area contributed by atoms with Gasteiger partial charge in [-0.05, 0) is 38.5 Å². The SMILES string of the molecule is COc1cc(Br)c(I)c(C(F)F)n1. The van der Waals surface area contributed by atoms with Crippen LogP contribution in [-0.2, 0) is 0 Å². The second-order valence-corrected chi connectivity index (χ2v) is 4.08. The zero-order chi connectivity index (χ0) is 10.0. The highest BCUT2D eigenvalue weighted by molar-refractivity contribution is 14.1. The number of nitrogens with zero attached hydrogens (tertiary/aromatic N) is 1. The Morgan fingerprint density at radius 2 is 2.23 bits per heavy atom. The minimum absolute atomic E-state index is 0.183. The molecule has 0 radical (unpaired) electrons. The van der Waals surface area contributed by atoms with Crippen LogP contribution in [-0.4, -0.2) is 12.1 Å². The molecule has 0 aromatic carbocycles. The predicted molar refractivity (Wildman–Crippen MR) is 56.2 cm³/mol. The topological polar surface area (TPSA) is 22.1 Å². The van der Waals surface area contributed by atoms with E-state index < -0.39 is 6.43 Å². The molecule has 0 aliphatic heterocycles. The van der Waals surface area contributed by atoms with Crippen LogP contribution in [0.1, 0.15) is 12.1 Å². The van der Waals surface area contributed by atoms with Gasteiger partial charge in [0.1, 0.15) is 5.69 Å². The molecule has 0 saturated heterocycles. The Bertz CT molecular complexity index is 322. The number of pyridine rings is 1. The van der Waals surface area contributed by atoms with Crippen LogP contribution in [0.2, 0.25) is 0 Å². The lowest BCUT2D eigenvalue weighted by Crippen LogP contribution is -1.98. The molecule has 0 unspecified atom stereocenters. The Balaban J connectivity index is 3.25. The molecule has 0 amide bonds. The molecular formula is C7H5BrF2INO. The van der Waals surface area contributed by atoms with Crippen LogP contribution >= 0.6 is 38.5 Å². The first-order chi connectivity index (χ1) is 6.06. The van der Waals surface area contributed by atoms with Crippen molar-refractivity contribution in [2.45, 2.75) is 6.43 Å². The third-order valence-corrected chi connectivity index (χ3v) is 3.83. The first kappa shape index (κ1) is 11.1. The molecule has 1 aromatic heterocycles. The van der Waals surface area contributed by atoms with Crippen LogP contribution in [0.4, 0.5) is 8.78 Å². The van der Waals surface area contributed by atoms with Crippen LogP contribution in [0.15, 0.2) is 10.5 Å². The van der Waals surface area contributed by atoms with E-state index in [1.165, 1.54) is 7.11 Å². The predicted octanol–water partition coefficient (Wildman–Crippen LogP) is 3.39. The zero-order valence-corrected chi connectivity index (χ0v) is 10.3. The first-order valence-electron chi connectivity index (χ1n) is 3.24. The third-order valence-electron chi connectivity index (χ3n) is 1.33. The maximum absolute atomic E-state index is 12.4. The smallest absolute Gasteiger partial charge is 0.281 e. The average molecular weight is 364 g/mol. The Kier molecular flexibility index (Phi) is 3.84. The fraction of sp³-hybridized carbons (Fsp3) is 0.286. The van der Waals surface area contributed by atoms with E-state index in [0.29, 0.717) is 8.04 Å². The van der Waals surface area contributed by atoms with Crippen LogP contribution in [0.25, 0.3) is 0 Å². The van der Waals surface area contributed by atoms with Crippen molar-refractivity contribution >= 4 is 38.5 Å². The van der Waals surface area contributed by atoms with Crippen molar-refractivity contribution in [3.63, 3.8) is 0 Å². The van der Waals surface area contributed by atoms with Crippen molar-refractivity contribution in [3.8, 4) is 5.88 Å². The molecule has 2 nitrogen and oxygen atoms in total. The number of halogens is 4. The summed E-state index contributed by atoms with van der Waals surface area (Å²) >= 11 is 4.95. The molecule has 6 heteroatoms. The lowest BCUT2D eigenvalue weighted by molar-refractivity contribution is 0.144. The quantitative estimate of drug-likeness (QED) is 0.751. The van der Waals surface area contributed by atoms with Gasteiger partial charge in [-0.15, -0.1) is 0 Å². The molecule has 0 N–H and O–H groups in total. The average Bonchev–Trinajstić information content (AvgIpc) is 2.09. The Morgan fingerprint density at radius 1 is 1.62 bits per heavy atom. The number of methoxy groups -OCH3 is 1. The fourth-order valence-corrected chi connectivity index (χ4v) is 1.65. The van der Waals surface area contributed by atoms with E-state index in [9.17, 15) is 8.78 Å². The van der Waals surface area contributed by atoms with Gasteiger partial charge >= 0.3 is 0 Å². The highest BCUT2D eigenvalue weighted by atomic mass is 127. The summed E-state index contributed by atoms with van der Waals surface area (Å²) in [5, 5.41) is 0. The van der Waals surface area contributed by atoms with Crippen LogP contribution < -0.4 is 4.74 Å². The molecule has 0 saturated carbocycles. The van der Waals surface area contributed by atoms with Crippen molar-refractivity contribution < 1.29 is 13.5 Å². The van der Waals surface area contributed by atoms with Gasteiger partial charge in [-0.1, -0.05) is 0 Å². The molecule has 0 bridgehead atoms. The van der Waals surface area contributed by atoms with Crippen molar-refractivity contribution in [1.82, 2.24) is 4.98 Å². The second kappa shape index (κ2) is 4.50. The summed E-state index contributed by atoms with van der Waals surface area (Å²) < 4.78 is 30.5. The monoisotopic (exact) mass is 363 g/mol. The minimum atomic E-state index is -2.58. The molecule has 0 fully saturated rings. The number of alkyl halides is 2. The maximum Gasteiger partial charge on any atom is 0.281 e. The molecule has 13 heavy (non-hydrogen) atoms. The van der Waals surface area contributed by atoms with Crippen molar-refractivity contribution in [1.29, 1.82) is 0 Å². The summed E-state index contributed by atoms with van der Waals surface area (Å²) in [6.07, 6.45) is -2.58. The van der Waals surface area contributed by atoms with Crippen LogP contribution in [0.5, 0.6) is 5.88 Å². The van der Waals surface area contributed by atoms with Crippen molar-refractivity contribution in [3.05, 3.63) is 19.8 Å². The second-order valence-electron chi connectivity index (χ2n) is 2.15. The maximum atomic E-state index is 12.4. The van der Waals surface area contributed by atoms with E-state index in [-0.39, 0.29) is 11.6 Å². The third kappa shape index (κ3) is 2.49. The summed E-state index contributed by atoms with van der Waals surface area (Å²) in [7, 11) is 1.39. The normalized spacial score (nSPS) is 10.6. The van der Waals surface area contributed by atoms with E-state index >= 15 is 0 Å². The Hall–Kier alpha value is 0.0200. The molecule has 0 aliphatic rings. The van der Waals surface area contributed by atoms with Gasteiger partial charge in [-0.25, -0.2) is 13.8 Å². The molecule has 1 aromatic rings. The largest absolute Gasteiger partial charge is 0.481 e. The Labute approximate surface area is 96.0 Å². The summed E-state index contributed by atoms with van der Waals surface area (Å²) in [6.45, 7) is 0. The summed E-state index contributed by atoms with van der Waals surface area (Å²) in [4.78, 5) is 3.64. The van der Waals surface area contributed by atoms with Crippen LogP contribution in [0.3, 0.4) is 0 Å². The zero-order valence-electron chi connectivity index (χ0n) is 6.52. The van der Waals surface area contributed by atoms with E-state index in [4.69, 9.17) is 4.74 Å². The van der Waals surface area contributed by atoms with Gasteiger partial charge in [0, 0.05) is 10.5 Å². The lowest BCUT2D eigenvalue weighted by Gasteiger charge is -2.06. The number of hydrogen-bond donors (Lipinski definition) is 0. The van der Waals surface area contributed by atoms with E-state index in [1.54, 1.807) is 6.07 Å². The fourth-order valence-electron chi connectivity index (χ4n) is 0.743. The standard InChI is InChI=1S/C7H5BrF2INO/c1-13-4-2-3(8)5(11)6(12-4)7(9)10/h2,7H,1H3. The van der Waals surface area contributed by atoms with Crippen LogP contribution in [0, 0.1) is 3.57 Å². The summed E-state index contributed by atoms with van der Waals surface area (Å²) in [5.74, 6) is 0.183. The molecular weight excluding hydrogens is 359 g/mol. The molecule has 0 atom stereocenters. The molecule has 72 valence electrons. The molecule has 1 rings (SSSR count). The van der Waals surface area contributed by atoms with E-state index in [1.807, 2.05) is 22.6 Å². The number of ether oxygens (including phenoxy) is 1. The number of rotatable bonds is 2. The van der Waals surface area contributed by atoms with Gasteiger partial charge in [0.2, 0.25) is 5.88 Å². The van der Waals surface area contributed by atoms with Crippen molar-refractivity contribution in [2.75, 3.05) is 7.11 Å². The molecule has 1 heterocycles. The minimum Gasteiger partial charge on any atom is -0.481 e. The summed E-state index contributed by atoms with van der Waals surface area (Å²) in [5.41, 5.74) is -0.258. The number of hydrogen-bond acceptors (Lipinski definition) is 2. The van der Waals surface area contributed by atoms with Gasteiger partial charge in [-0.2, -0.15) is 0 Å². The van der Waals surface area contributed by atoms with Gasteiger partial charge < -0.3 is 4.74 Å². The highest BCUT2D eigenvalue weighted by Gasteiger charge is 2.17. The van der Waals surface area contributed by atoms with E-state index in [0.717, 1.165) is 0 Å². The highest BCUT2D eigenvalue weighted by Crippen LogP contribution is 2.30. The first-order valence-corrected chi connectivity index (χ1v) is 5.11.